The van der Waals surface area contributed by atoms with Gasteiger partial charge >= 0.3 is 5.97 Å². The van der Waals surface area contributed by atoms with Gasteiger partial charge in [-0.15, -0.1) is 11.5 Å². The third-order valence-corrected chi connectivity index (χ3v) is 6.95. The molecule has 2 atom stereocenters. The number of carbonyl (C=O) groups is 3. The first kappa shape index (κ1) is 21.4. The van der Waals surface area contributed by atoms with Crippen molar-refractivity contribution in [3.63, 3.8) is 0 Å². The van der Waals surface area contributed by atoms with E-state index in [-0.39, 0.29) is 34.4 Å². The maximum atomic E-state index is 13.4. The molecule has 10 nitrogen and oxygen atoms in total. The Morgan fingerprint density at radius 3 is 2.80 bits per heavy atom. The molecule has 3 aromatic rings. The van der Waals surface area contributed by atoms with E-state index >= 15 is 0 Å². The summed E-state index contributed by atoms with van der Waals surface area (Å²) in [5.74, 6) is -3.35. The van der Waals surface area contributed by atoms with Crippen LogP contribution in [0.5, 0.6) is 0 Å². The molecule has 1 aliphatic heterocycles. The van der Waals surface area contributed by atoms with Crippen molar-refractivity contribution in [1.29, 1.82) is 0 Å². The molecule has 35 heavy (non-hydrogen) atoms. The minimum absolute atomic E-state index is 0.0175. The van der Waals surface area contributed by atoms with E-state index < -0.39 is 42.0 Å². The molecule has 3 aliphatic rings. The molecule has 0 aromatic carbocycles. The average Bonchev–Trinajstić information content (AvgIpc) is 3.14. The Bertz CT molecular complexity index is 1490. The molecule has 1 N–H and O–H groups in total. The normalized spacial score (nSPS) is 22.5. The number of aromatic nitrogens is 5. The molecule has 0 saturated heterocycles. The summed E-state index contributed by atoms with van der Waals surface area (Å²) in [6.07, 6.45) is 6.76. The van der Waals surface area contributed by atoms with Gasteiger partial charge in [0.25, 0.3) is 17.6 Å². The van der Waals surface area contributed by atoms with Gasteiger partial charge in [0.1, 0.15) is 16.7 Å². The highest BCUT2D eigenvalue weighted by molar-refractivity contribution is 6.44. The molecule has 0 unspecified atom stereocenters. The van der Waals surface area contributed by atoms with Gasteiger partial charge in [0.05, 0.1) is 5.56 Å². The smallest absolute Gasteiger partial charge is 0.335 e. The van der Waals surface area contributed by atoms with Crippen LogP contribution in [0.3, 0.4) is 0 Å². The Balaban J connectivity index is 1.32. The van der Waals surface area contributed by atoms with Crippen molar-refractivity contribution in [3.8, 4) is 12.3 Å². The van der Waals surface area contributed by atoms with Gasteiger partial charge in [-0.1, -0.05) is 5.92 Å². The number of halogens is 2. The number of carbonyl (C=O) groups excluding carboxylic acids is 3. The minimum atomic E-state index is -2.99. The van der Waals surface area contributed by atoms with E-state index in [4.69, 9.17) is 11.3 Å². The maximum absolute atomic E-state index is 13.4. The average molecular weight is 480 g/mol. The highest BCUT2D eigenvalue weighted by atomic mass is 19.3. The molecule has 178 valence electrons. The monoisotopic (exact) mass is 480 g/mol. The molecule has 2 saturated carbocycles. The summed E-state index contributed by atoms with van der Waals surface area (Å²) >= 11 is 0. The molecular weight excluding hydrogens is 462 g/mol. The Morgan fingerprint density at radius 1 is 1.31 bits per heavy atom. The van der Waals surface area contributed by atoms with E-state index in [0.29, 0.717) is 17.6 Å². The van der Waals surface area contributed by atoms with Gasteiger partial charge in [-0.25, -0.2) is 18.6 Å². The number of pyridine rings is 1. The van der Waals surface area contributed by atoms with Crippen molar-refractivity contribution in [1.82, 2.24) is 30.0 Å². The number of ketones is 1. The quantitative estimate of drug-likeness (QED) is 0.254. The molecule has 3 aromatic heterocycles. The number of fused-ring (bicyclic) bond motifs is 4. The highest BCUT2D eigenvalue weighted by Crippen LogP contribution is 2.54. The second kappa shape index (κ2) is 6.94. The van der Waals surface area contributed by atoms with Crippen molar-refractivity contribution in [2.75, 3.05) is 0 Å². The number of rotatable bonds is 5. The van der Waals surface area contributed by atoms with Gasteiger partial charge in [-0.05, 0) is 53.4 Å². The summed E-state index contributed by atoms with van der Waals surface area (Å²) in [5.41, 5.74) is 0.106. The fraction of sp³-hybridized carbons (Fsp3) is 0.391. The standard InChI is InChI=1S/C23H18F2N6O4/c1-3-22(9-23(24,25)10-22)27-20(33)18(32)16-11(2)17(30-14-7-12(14)8-15(16)30)21(34)35-31-19-13(28-29-31)5-4-6-26-19/h1,4-6,12,14H,7-10H2,2H3,(H,27,33)/t12-,14-/m1/s1. The topological polar surface area (TPSA) is 121 Å². The van der Waals surface area contributed by atoms with Gasteiger partial charge < -0.3 is 14.7 Å². The third-order valence-electron chi connectivity index (χ3n) is 6.95. The van der Waals surface area contributed by atoms with Crippen molar-refractivity contribution >= 4 is 28.8 Å². The molecule has 1 amide bonds. The van der Waals surface area contributed by atoms with E-state index in [1.807, 2.05) is 0 Å². The van der Waals surface area contributed by atoms with E-state index in [1.165, 1.54) is 6.20 Å². The predicted octanol–water partition coefficient (Wildman–Crippen LogP) is 1.42. The van der Waals surface area contributed by atoms with Crippen molar-refractivity contribution in [2.24, 2.45) is 5.92 Å². The van der Waals surface area contributed by atoms with Crippen LogP contribution in [0.15, 0.2) is 18.3 Å². The van der Waals surface area contributed by atoms with Crippen LogP contribution in [0, 0.1) is 25.2 Å². The molecule has 0 spiro atoms. The number of hydrogen-bond acceptors (Lipinski definition) is 7. The van der Waals surface area contributed by atoms with E-state index in [0.717, 1.165) is 11.3 Å². The zero-order valence-corrected chi connectivity index (χ0v) is 18.4. The van der Waals surface area contributed by atoms with Gasteiger partial charge in [-0.3, -0.25) is 9.59 Å². The van der Waals surface area contributed by atoms with Crippen LogP contribution in [0.2, 0.25) is 0 Å². The summed E-state index contributed by atoms with van der Waals surface area (Å²) in [7, 11) is 0. The van der Waals surface area contributed by atoms with Crippen LogP contribution in [0.25, 0.3) is 11.2 Å². The maximum Gasteiger partial charge on any atom is 0.382 e. The molecule has 2 aliphatic carbocycles. The first-order chi connectivity index (χ1) is 16.6. The van der Waals surface area contributed by atoms with Crippen molar-refractivity contribution in [2.45, 2.75) is 50.1 Å². The first-order valence-corrected chi connectivity index (χ1v) is 11.0. The van der Waals surface area contributed by atoms with E-state index in [9.17, 15) is 23.2 Å². The Kier molecular flexibility index (Phi) is 4.24. The number of nitrogens with one attached hydrogen (secondary N) is 1. The van der Waals surface area contributed by atoms with E-state index in [2.05, 4.69) is 26.5 Å². The zero-order valence-electron chi connectivity index (χ0n) is 18.4. The minimum Gasteiger partial charge on any atom is -0.335 e. The first-order valence-electron chi connectivity index (χ1n) is 11.0. The van der Waals surface area contributed by atoms with Crippen LogP contribution in [-0.2, 0) is 11.2 Å². The fourth-order valence-electron chi connectivity index (χ4n) is 5.28. The van der Waals surface area contributed by atoms with Crippen LogP contribution in [0.4, 0.5) is 8.78 Å². The second-order valence-electron chi connectivity index (χ2n) is 9.34. The van der Waals surface area contributed by atoms with E-state index in [1.54, 1.807) is 23.6 Å². The molecule has 2 fully saturated rings. The Labute approximate surface area is 196 Å². The SMILES string of the molecule is C#CC1(NC(=O)C(=O)c2c(C)c(C(=O)On3nnc4cccnc43)n3c2C[C@H]2C[C@H]23)CC(F)(F)C1. The fourth-order valence-corrected chi connectivity index (χ4v) is 5.28. The van der Waals surface area contributed by atoms with Gasteiger partial charge in [0.15, 0.2) is 0 Å². The lowest BCUT2D eigenvalue weighted by Crippen LogP contribution is -2.62. The number of hydrogen-bond donors (Lipinski definition) is 1. The van der Waals surface area contributed by atoms with Gasteiger partial charge in [-0.2, -0.15) is 0 Å². The van der Waals surface area contributed by atoms with Crippen LogP contribution in [0.1, 0.15) is 57.4 Å². The molecular formula is C23H18F2N6O4. The van der Waals surface area contributed by atoms with Crippen LogP contribution in [-0.4, -0.2) is 53.8 Å². The summed E-state index contributed by atoms with van der Waals surface area (Å²) in [6, 6.07) is 3.34. The molecule has 0 radical (unpaired) electrons. The molecule has 0 bridgehead atoms. The summed E-state index contributed by atoms with van der Waals surface area (Å²) in [5, 5.41) is 10.0. The van der Waals surface area contributed by atoms with Crippen LogP contribution >= 0.6 is 0 Å². The number of alkyl halides is 2. The number of terminal acetylenes is 1. The zero-order chi connectivity index (χ0) is 24.7. The lowest BCUT2D eigenvalue weighted by molar-refractivity contribution is -0.133. The molecule has 4 heterocycles. The van der Waals surface area contributed by atoms with Crippen molar-refractivity contribution in [3.05, 3.63) is 40.8 Å². The highest BCUT2D eigenvalue weighted by Gasteiger charge is 2.57. The summed E-state index contributed by atoms with van der Waals surface area (Å²) in [4.78, 5) is 49.7. The molecule has 12 heteroatoms. The van der Waals surface area contributed by atoms with Gasteiger partial charge in [0.2, 0.25) is 5.65 Å². The Hall–Kier alpha value is -4.14. The summed E-state index contributed by atoms with van der Waals surface area (Å²) in [6.45, 7) is 1.55. The molecule has 6 rings (SSSR count). The largest absolute Gasteiger partial charge is 0.382 e. The van der Waals surface area contributed by atoms with Crippen molar-refractivity contribution < 1.29 is 28.0 Å². The lowest BCUT2D eigenvalue weighted by atomic mass is 9.74. The van der Waals surface area contributed by atoms with Gasteiger partial charge in [0, 0.05) is 30.8 Å². The number of Topliss-reactive ketones (excluding diaryl/α,β-unsaturated/α-hetero) is 1. The number of nitrogens with zero attached hydrogens (tertiary/aromatic N) is 5. The third kappa shape index (κ3) is 3.14. The number of amides is 1. The predicted molar refractivity (Wildman–Crippen MR) is 114 cm³/mol. The second-order valence-corrected chi connectivity index (χ2v) is 9.34. The summed E-state index contributed by atoms with van der Waals surface area (Å²) < 4.78 is 28.6. The Morgan fingerprint density at radius 2 is 2.09 bits per heavy atom. The van der Waals surface area contributed by atoms with Crippen LogP contribution < -0.4 is 10.2 Å². The lowest BCUT2D eigenvalue weighted by Gasteiger charge is -2.43.